The Hall–Kier alpha value is -7.22. The smallest absolute Gasteiger partial charge is 0.326 e. The van der Waals surface area contributed by atoms with Crippen LogP contribution in [0.2, 0.25) is 0 Å². The highest BCUT2D eigenvalue weighted by molar-refractivity contribution is 7.98. The van der Waals surface area contributed by atoms with E-state index < -0.39 is 126 Å². The molecule has 9 atom stereocenters. The summed E-state index contributed by atoms with van der Waals surface area (Å²) in [6, 6.07) is -11.9. The van der Waals surface area contributed by atoms with Crippen LogP contribution in [0.5, 0.6) is 0 Å². The number of guanidine groups is 3. The predicted molar refractivity (Wildman–Crippen MR) is 296 cm³/mol. The van der Waals surface area contributed by atoms with E-state index in [2.05, 4.69) is 52.2 Å². The monoisotopic (exact) mass is 1140 g/mol. The number of amides is 9. The molecule has 0 aliphatic carbocycles. The number of carboxylic acid groups (broad SMARTS) is 1. The summed E-state index contributed by atoms with van der Waals surface area (Å²) >= 11 is 1.39. The fourth-order valence-electron chi connectivity index (χ4n) is 8.04. The lowest BCUT2D eigenvalue weighted by Gasteiger charge is -2.31. The summed E-state index contributed by atoms with van der Waals surface area (Å²) in [6.45, 7) is 5.90. The number of likely N-dealkylation sites (tertiary alicyclic amines) is 1. The molecule has 0 bridgehead atoms. The summed E-state index contributed by atoms with van der Waals surface area (Å²) in [7, 11) is 0. The van der Waals surface area contributed by atoms with Gasteiger partial charge in [0.05, 0.1) is 12.6 Å². The van der Waals surface area contributed by atoms with Crippen LogP contribution in [0, 0.1) is 11.8 Å². The first kappa shape index (κ1) is 69.8. The number of hydrogen-bond donors (Lipinski definition) is 17. The number of aliphatic carboxylic acids is 1. The van der Waals surface area contributed by atoms with E-state index in [0.717, 1.165) is 0 Å². The maximum absolute atomic E-state index is 14.5. The number of aliphatic hydroxyl groups is 1. The number of primary amides is 1. The Kier molecular flexibility index (Phi) is 32.5. The van der Waals surface area contributed by atoms with Crippen molar-refractivity contribution >= 4 is 88.8 Å². The Balaban J connectivity index is 3.53. The molecule has 31 nitrogen and oxygen atoms in total. The van der Waals surface area contributed by atoms with E-state index in [1.807, 2.05) is 0 Å². The second-order valence-corrected chi connectivity index (χ2v) is 20.7. The molecule has 448 valence electrons. The Bertz CT molecular complexity index is 2140. The van der Waals surface area contributed by atoms with E-state index in [0.29, 0.717) is 12.2 Å². The average molecular weight is 1140 g/mol. The van der Waals surface area contributed by atoms with Crippen molar-refractivity contribution in [2.45, 2.75) is 159 Å². The molecule has 1 aliphatic heterocycles. The number of thioether (sulfide) groups is 1. The summed E-state index contributed by atoms with van der Waals surface area (Å²) in [5.41, 5.74) is 44.1. The Morgan fingerprint density at radius 2 is 1.03 bits per heavy atom. The molecule has 79 heavy (non-hydrogen) atoms. The van der Waals surface area contributed by atoms with Crippen LogP contribution < -0.4 is 83.1 Å². The summed E-state index contributed by atoms with van der Waals surface area (Å²) in [5, 5.41) is 38.1. The molecule has 25 N–H and O–H groups in total. The highest BCUT2D eigenvalue weighted by atomic mass is 32.2. The highest BCUT2D eigenvalue weighted by Crippen LogP contribution is 2.21. The summed E-state index contributed by atoms with van der Waals surface area (Å²) in [6.07, 6.45) is 2.33. The van der Waals surface area contributed by atoms with Gasteiger partial charge in [-0.2, -0.15) is 11.8 Å². The van der Waals surface area contributed by atoms with Crippen LogP contribution in [0.4, 0.5) is 0 Å². The minimum absolute atomic E-state index is 0.000399. The number of aliphatic imine (C=N–C) groups is 3. The summed E-state index contributed by atoms with van der Waals surface area (Å²) < 4.78 is 0. The first-order valence-corrected chi connectivity index (χ1v) is 27.5. The maximum atomic E-state index is 14.5. The minimum atomic E-state index is -1.74. The number of nitrogens with zero attached hydrogens (tertiary/aromatic N) is 4. The number of nitrogens with one attached hydrogen (secondary N) is 7. The van der Waals surface area contributed by atoms with Gasteiger partial charge in [0.2, 0.25) is 53.2 Å². The standard InChI is InChI=1S/C47H87N19O12S/c1-24(2)22-31(44(77)78)63-42(75)35(25(3)4)65-39(72)28(11-7-18-57-46(52)53)60-40(73)32(23-67)64-37(70)27(10-6-17-56-45(50)51)61-41(74)33-13-9-20-66(33)43(76)30(12-8-19-58-47(54)55)62-38(71)29(16-21-79-5)59-36(69)26(48)14-15-34(49)68/h24-33,35,67H,6-23,48H2,1-5H3,(H2,49,68)(H,59,69)(H,60,73)(H,61,74)(H,62,71)(H,63,75)(H,64,70)(H,65,72)(H,77,78)(H4,50,51,56)(H4,52,53,57)(H4,54,55,58)/t26-,27-,28-,29-,30-,31-,32-,33-,35-/m0/s1. The Labute approximate surface area is 464 Å². The van der Waals surface area contributed by atoms with Gasteiger partial charge in [0, 0.05) is 32.6 Å². The van der Waals surface area contributed by atoms with E-state index in [1.54, 1.807) is 34.0 Å². The van der Waals surface area contributed by atoms with Crippen molar-refractivity contribution in [2.24, 2.45) is 72.7 Å². The Morgan fingerprint density at radius 1 is 0.582 bits per heavy atom. The quantitative estimate of drug-likeness (QED) is 0.0155. The zero-order valence-electron chi connectivity index (χ0n) is 45.9. The molecular weight excluding hydrogens is 1050 g/mol. The molecule has 0 aromatic carbocycles. The van der Waals surface area contributed by atoms with Crippen molar-refractivity contribution < 1.29 is 58.2 Å². The van der Waals surface area contributed by atoms with E-state index in [-0.39, 0.29) is 121 Å². The fourth-order valence-corrected chi connectivity index (χ4v) is 8.51. The second kappa shape index (κ2) is 36.8. The molecule has 1 saturated heterocycles. The largest absolute Gasteiger partial charge is 0.480 e. The number of carbonyl (C=O) groups is 10. The van der Waals surface area contributed by atoms with Gasteiger partial charge < -0.3 is 98.2 Å². The predicted octanol–water partition coefficient (Wildman–Crippen LogP) is -6.34. The summed E-state index contributed by atoms with van der Waals surface area (Å²) in [4.78, 5) is 147. The van der Waals surface area contributed by atoms with Crippen LogP contribution in [0.3, 0.4) is 0 Å². The maximum Gasteiger partial charge on any atom is 0.326 e. The van der Waals surface area contributed by atoms with Crippen molar-refractivity contribution in [3.05, 3.63) is 0 Å². The van der Waals surface area contributed by atoms with Crippen LogP contribution in [-0.2, 0) is 47.9 Å². The van der Waals surface area contributed by atoms with Crippen LogP contribution in [0.1, 0.15) is 105 Å². The molecule has 0 radical (unpaired) electrons. The number of rotatable bonds is 38. The van der Waals surface area contributed by atoms with Gasteiger partial charge in [-0.05, 0) is 94.5 Å². The lowest BCUT2D eigenvalue weighted by Crippen LogP contribution is -2.61. The van der Waals surface area contributed by atoms with Gasteiger partial charge >= 0.3 is 5.97 Å². The first-order valence-electron chi connectivity index (χ1n) is 26.1. The van der Waals surface area contributed by atoms with Gasteiger partial charge in [0.1, 0.15) is 48.3 Å². The van der Waals surface area contributed by atoms with Gasteiger partial charge in [0.25, 0.3) is 0 Å². The second-order valence-electron chi connectivity index (χ2n) is 19.7. The molecule has 0 aromatic heterocycles. The number of nitrogens with two attached hydrogens (primary N) is 8. The van der Waals surface area contributed by atoms with Crippen molar-refractivity contribution in [1.29, 1.82) is 0 Å². The number of carboxylic acids is 1. The SMILES string of the molecule is CSCC[C@H](NC(=O)[C@@H](N)CCC(N)=O)C(=O)N[C@@H](CCCN=C(N)N)C(=O)N1CCC[C@H]1C(=O)N[C@@H](CCCN=C(N)N)C(=O)N[C@@H](CO)C(=O)N[C@@H](CCCN=C(N)N)C(=O)N[C@H](C(=O)N[C@@H](CC(C)C)C(=O)O)C(C)C. The van der Waals surface area contributed by atoms with Gasteiger partial charge in [-0.25, -0.2) is 4.79 Å². The first-order chi connectivity index (χ1) is 37.1. The topological polar surface area (TPSA) is 544 Å². The number of carbonyl (C=O) groups excluding carboxylic acids is 9. The Morgan fingerprint density at radius 3 is 1.49 bits per heavy atom. The van der Waals surface area contributed by atoms with Crippen LogP contribution >= 0.6 is 11.8 Å². The van der Waals surface area contributed by atoms with E-state index in [1.165, 1.54) is 16.7 Å². The number of hydrogen-bond acceptors (Lipinski definition) is 16. The molecule has 1 rings (SSSR count). The van der Waals surface area contributed by atoms with Crippen molar-refractivity contribution in [3.63, 3.8) is 0 Å². The third-order valence-electron chi connectivity index (χ3n) is 12.2. The minimum Gasteiger partial charge on any atom is -0.480 e. The van der Waals surface area contributed by atoms with Crippen molar-refractivity contribution in [3.8, 4) is 0 Å². The van der Waals surface area contributed by atoms with Gasteiger partial charge in [-0.3, -0.25) is 58.1 Å². The molecular formula is C47H87N19O12S. The van der Waals surface area contributed by atoms with E-state index in [4.69, 9.17) is 45.9 Å². The van der Waals surface area contributed by atoms with E-state index >= 15 is 0 Å². The fraction of sp³-hybridized carbons (Fsp3) is 0.723. The third-order valence-corrected chi connectivity index (χ3v) is 12.9. The number of aliphatic hydroxyl groups excluding tert-OH is 1. The lowest BCUT2D eigenvalue weighted by molar-refractivity contribution is -0.143. The normalized spacial score (nSPS) is 16.0. The van der Waals surface area contributed by atoms with E-state index in [9.17, 15) is 58.2 Å². The average Bonchev–Trinajstić information content (AvgIpc) is 3.87. The molecule has 9 amide bonds. The van der Waals surface area contributed by atoms with Crippen molar-refractivity contribution in [2.75, 3.05) is 44.8 Å². The molecule has 1 fully saturated rings. The van der Waals surface area contributed by atoms with Gasteiger partial charge in [-0.1, -0.05) is 27.7 Å². The van der Waals surface area contributed by atoms with Crippen LogP contribution in [0.25, 0.3) is 0 Å². The molecule has 1 heterocycles. The molecule has 0 unspecified atom stereocenters. The third kappa shape index (κ3) is 27.3. The lowest BCUT2D eigenvalue weighted by atomic mass is 9.99. The molecule has 32 heteroatoms. The summed E-state index contributed by atoms with van der Waals surface area (Å²) in [5.74, 6) is -9.54. The molecule has 0 spiro atoms. The molecule has 0 saturated carbocycles. The van der Waals surface area contributed by atoms with Gasteiger partial charge in [0.15, 0.2) is 17.9 Å². The molecule has 1 aliphatic rings. The van der Waals surface area contributed by atoms with Crippen molar-refractivity contribution in [1.82, 2.24) is 42.1 Å². The van der Waals surface area contributed by atoms with Gasteiger partial charge in [-0.15, -0.1) is 0 Å². The molecule has 0 aromatic rings. The zero-order chi connectivity index (χ0) is 59.9. The highest BCUT2D eigenvalue weighted by Gasteiger charge is 2.40. The zero-order valence-corrected chi connectivity index (χ0v) is 46.7. The van der Waals surface area contributed by atoms with Crippen LogP contribution in [0.15, 0.2) is 15.0 Å². The van der Waals surface area contributed by atoms with Crippen LogP contribution in [-0.4, -0.2) is 191 Å².